The Kier molecular flexibility index (Phi) is 7.96. The fourth-order valence-electron chi connectivity index (χ4n) is 6.13. The van der Waals surface area contributed by atoms with Crippen LogP contribution >= 0.6 is 0 Å². The molecule has 0 spiro atoms. The topological polar surface area (TPSA) is 80.8 Å². The second-order valence-corrected chi connectivity index (χ2v) is 13.0. The first kappa shape index (κ1) is 28.9. The molecule has 5 rings (SSSR count). The Morgan fingerprint density at radius 2 is 1.44 bits per heavy atom. The van der Waals surface area contributed by atoms with Crippen molar-refractivity contribution in [2.24, 2.45) is 11.8 Å². The van der Waals surface area contributed by atoms with Gasteiger partial charge in [-0.25, -0.2) is 21.6 Å². The third-order valence-corrected chi connectivity index (χ3v) is 10.9. The predicted octanol–water partition coefficient (Wildman–Crippen LogP) is 5.65. The summed E-state index contributed by atoms with van der Waals surface area (Å²) >= 11 is 0. The summed E-state index contributed by atoms with van der Waals surface area (Å²) < 4.78 is 74.2. The van der Waals surface area contributed by atoms with Gasteiger partial charge in [-0.15, -0.1) is 0 Å². The highest BCUT2D eigenvalue weighted by Crippen LogP contribution is 2.45. The van der Waals surface area contributed by atoms with Crippen LogP contribution in [0.4, 0.5) is 13.2 Å². The summed E-state index contributed by atoms with van der Waals surface area (Å²) in [5.41, 5.74) is 0.388. The number of esters is 1. The van der Waals surface area contributed by atoms with E-state index in [2.05, 4.69) is 0 Å². The van der Waals surface area contributed by atoms with Gasteiger partial charge in [0.15, 0.2) is 9.84 Å². The van der Waals surface area contributed by atoms with Gasteiger partial charge < -0.3 is 9.64 Å². The van der Waals surface area contributed by atoms with Crippen molar-refractivity contribution in [2.45, 2.75) is 41.7 Å². The third-order valence-electron chi connectivity index (χ3n) is 8.46. The molecule has 1 amide bonds. The summed E-state index contributed by atoms with van der Waals surface area (Å²) in [6.45, 7) is 0.0513. The number of ether oxygens (including phenoxy) is 1. The Morgan fingerprint density at radius 1 is 0.854 bits per heavy atom. The van der Waals surface area contributed by atoms with E-state index in [4.69, 9.17) is 4.74 Å². The number of rotatable bonds is 6. The number of sulfone groups is 1. The molecule has 6 nitrogen and oxygen atoms in total. The van der Waals surface area contributed by atoms with Gasteiger partial charge in [-0.3, -0.25) is 9.59 Å². The van der Waals surface area contributed by atoms with E-state index in [-0.39, 0.29) is 59.2 Å². The van der Waals surface area contributed by atoms with E-state index in [0.717, 1.165) is 24.3 Å². The van der Waals surface area contributed by atoms with E-state index in [1.54, 1.807) is 4.90 Å². The van der Waals surface area contributed by atoms with Gasteiger partial charge in [0.05, 0.1) is 23.5 Å². The highest BCUT2D eigenvalue weighted by molar-refractivity contribution is 7.92. The van der Waals surface area contributed by atoms with Crippen LogP contribution in [0.15, 0.2) is 71.6 Å². The summed E-state index contributed by atoms with van der Waals surface area (Å²) in [5, 5.41) is 0. The summed E-state index contributed by atoms with van der Waals surface area (Å²) in [4.78, 5) is 26.9. The first-order valence-electron chi connectivity index (χ1n) is 13.5. The van der Waals surface area contributed by atoms with Gasteiger partial charge in [0.2, 0.25) is 5.91 Å². The number of hydrogen-bond donors (Lipinski definition) is 0. The molecule has 1 saturated carbocycles. The zero-order valence-corrected chi connectivity index (χ0v) is 23.3. The lowest BCUT2D eigenvalue weighted by molar-refractivity contribution is -0.148. The van der Waals surface area contributed by atoms with Crippen molar-refractivity contribution >= 4 is 21.7 Å². The van der Waals surface area contributed by atoms with Crippen LogP contribution in [0.25, 0.3) is 11.1 Å². The quantitative estimate of drug-likeness (QED) is 0.276. The molecule has 41 heavy (non-hydrogen) atoms. The molecular weight excluding hydrogens is 555 g/mol. The van der Waals surface area contributed by atoms with E-state index < -0.39 is 32.0 Å². The lowest BCUT2D eigenvalue weighted by atomic mass is 9.81. The maximum atomic E-state index is 14.4. The van der Waals surface area contributed by atoms with Crippen molar-refractivity contribution in [2.75, 3.05) is 20.2 Å². The summed E-state index contributed by atoms with van der Waals surface area (Å²) in [5.74, 6) is -3.13. The molecule has 3 aromatic rings. The molecule has 1 heterocycles. The minimum absolute atomic E-state index is 0.0867. The monoisotopic (exact) mass is 585 g/mol. The van der Waals surface area contributed by atoms with Crippen LogP contribution in [0.5, 0.6) is 0 Å². The van der Waals surface area contributed by atoms with Crippen LogP contribution in [0, 0.1) is 29.3 Å². The van der Waals surface area contributed by atoms with Gasteiger partial charge in [-0.1, -0.05) is 30.3 Å². The van der Waals surface area contributed by atoms with Crippen molar-refractivity contribution in [1.82, 2.24) is 4.90 Å². The van der Waals surface area contributed by atoms with Crippen molar-refractivity contribution in [1.29, 1.82) is 0 Å². The fraction of sp³-hybridized carbons (Fsp3) is 0.355. The maximum absolute atomic E-state index is 14.4. The molecule has 0 bridgehead atoms. The van der Waals surface area contributed by atoms with E-state index >= 15 is 0 Å². The predicted molar refractivity (Wildman–Crippen MR) is 146 cm³/mol. The lowest BCUT2D eigenvalue weighted by Gasteiger charge is -2.32. The van der Waals surface area contributed by atoms with Crippen LogP contribution in [-0.2, 0) is 28.9 Å². The Hall–Kier alpha value is -3.66. The highest BCUT2D eigenvalue weighted by atomic mass is 32.2. The largest absolute Gasteiger partial charge is 0.469 e. The average molecular weight is 586 g/mol. The minimum Gasteiger partial charge on any atom is -0.469 e. The number of carbonyl (C=O) groups is 2. The normalized spacial score (nSPS) is 22.9. The number of hydrogen-bond acceptors (Lipinski definition) is 5. The Balaban J connectivity index is 1.48. The third kappa shape index (κ3) is 5.25. The molecule has 0 N–H and O–H groups in total. The number of nitrogens with zero attached hydrogens (tertiary/aromatic N) is 1. The molecule has 10 heteroatoms. The second-order valence-electron chi connectivity index (χ2n) is 10.7. The van der Waals surface area contributed by atoms with Crippen molar-refractivity contribution in [3.63, 3.8) is 0 Å². The van der Waals surface area contributed by atoms with Gasteiger partial charge in [-0.05, 0) is 79.6 Å². The summed E-state index contributed by atoms with van der Waals surface area (Å²) in [6, 6.07) is 14.1. The van der Waals surface area contributed by atoms with Crippen molar-refractivity contribution in [3.8, 4) is 11.1 Å². The molecule has 1 unspecified atom stereocenters. The molecule has 2 fully saturated rings. The standard InChI is InChI=1S/C31H30F3NO5S/c1-40-30(37)22-7-5-21(6-8-22)29(36)35-18-17-31(19-35,41(38,39)25-15-13-24(32)14-16-25)23-11-9-20(10-12-23)28-26(33)3-2-4-27(28)34/h2-4,9-16,21-22H,5-8,17-19H2,1H3. The fourth-order valence-corrected chi connectivity index (χ4v) is 8.21. The van der Waals surface area contributed by atoms with Gasteiger partial charge in [0.1, 0.15) is 22.2 Å². The first-order chi connectivity index (χ1) is 19.6. The number of amides is 1. The number of methoxy groups -OCH3 is 1. The summed E-state index contributed by atoms with van der Waals surface area (Å²) in [7, 11) is -2.82. The van der Waals surface area contributed by atoms with E-state index in [9.17, 15) is 31.2 Å². The Bertz CT molecular complexity index is 1530. The molecule has 1 aliphatic carbocycles. The van der Waals surface area contributed by atoms with Crippen LogP contribution in [-0.4, -0.2) is 45.4 Å². The molecule has 0 radical (unpaired) electrons. The molecule has 1 saturated heterocycles. The van der Waals surface area contributed by atoms with Crippen molar-refractivity contribution in [3.05, 3.63) is 89.7 Å². The molecule has 216 valence electrons. The van der Waals surface area contributed by atoms with E-state index in [1.807, 2.05) is 0 Å². The van der Waals surface area contributed by atoms with Crippen LogP contribution in [0.1, 0.15) is 37.7 Å². The van der Waals surface area contributed by atoms with Crippen LogP contribution in [0.2, 0.25) is 0 Å². The smallest absolute Gasteiger partial charge is 0.308 e. The SMILES string of the molecule is COC(=O)C1CCC(C(=O)N2CCC(c3ccc(-c4c(F)cccc4F)cc3)(S(=O)(=O)c3ccc(F)cc3)C2)CC1. The maximum Gasteiger partial charge on any atom is 0.308 e. The second kappa shape index (κ2) is 11.3. The van der Waals surface area contributed by atoms with Crippen LogP contribution < -0.4 is 0 Å². The zero-order valence-electron chi connectivity index (χ0n) is 22.5. The number of halogens is 3. The Morgan fingerprint density at radius 3 is 2.02 bits per heavy atom. The van der Waals surface area contributed by atoms with Gasteiger partial charge in [0.25, 0.3) is 0 Å². The van der Waals surface area contributed by atoms with Crippen molar-refractivity contribution < 1.29 is 35.9 Å². The molecule has 0 aromatic heterocycles. The lowest BCUT2D eigenvalue weighted by Crippen LogP contribution is -2.42. The number of benzene rings is 3. The van der Waals surface area contributed by atoms with E-state index in [1.165, 1.54) is 49.6 Å². The molecular formula is C31H30F3NO5S. The molecule has 2 aliphatic rings. The number of carbonyl (C=O) groups excluding carboxylic acids is 2. The zero-order chi connectivity index (χ0) is 29.4. The van der Waals surface area contributed by atoms with Gasteiger partial charge in [0, 0.05) is 19.0 Å². The van der Waals surface area contributed by atoms with Crippen LogP contribution in [0.3, 0.4) is 0 Å². The highest BCUT2D eigenvalue weighted by Gasteiger charge is 2.52. The molecule has 3 aromatic carbocycles. The number of likely N-dealkylation sites (tertiary alicyclic amines) is 1. The first-order valence-corrected chi connectivity index (χ1v) is 15.0. The molecule has 1 aliphatic heterocycles. The minimum atomic E-state index is -4.15. The van der Waals surface area contributed by atoms with E-state index in [0.29, 0.717) is 31.2 Å². The van der Waals surface area contributed by atoms with Gasteiger partial charge >= 0.3 is 5.97 Å². The molecule has 1 atom stereocenters. The average Bonchev–Trinajstić information content (AvgIpc) is 3.44. The summed E-state index contributed by atoms with van der Waals surface area (Å²) in [6.07, 6.45) is 2.11. The Labute approximate surface area is 237 Å². The van der Waals surface area contributed by atoms with Gasteiger partial charge in [-0.2, -0.15) is 0 Å².